The number of nitrogens with zero attached hydrogens (tertiary/aromatic N) is 1. The van der Waals surface area contributed by atoms with Crippen LogP contribution in [-0.4, -0.2) is 52.9 Å². The normalized spacial score (nSPS) is 15.2. The molecule has 8 nitrogen and oxygen atoms in total. The molecule has 0 atom stereocenters. The molecule has 0 bridgehead atoms. The zero-order valence-corrected chi connectivity index (χ0v) is 21.4. The molecule has 1 aliphatic rings. The number of nitrogens with one attached hydrogen (secondary N) is 3. The summed E-state index contributed by atoms with van der Waals surface area (Å²) in [6, 6.07) is 8.21. The molecule has 3 aromatic rings. The van der Waals surface area contributed by atoms with Crippen molar-refractivity contribution in [3.63, 3.8) is 0 Å². The Hall–Kier alpha value is -3.73. The molecule has 0 radical (unpaired) electrons. The molecule has 11 heteroatoms. The number of fused-ring (bicyclic) bond motifs is 1. The van der Waals surface area contributed by atoms with Gasteiger partial charge in [-0.05, 0) is 82.7 Å². The fourth-order valence-corrected chi connectivity index (χ4v) is 4.82. The number of piperidine rings is 1. The smallest absolute Gasteiger partial charge is 0.314 e. The molecular formula is C26H26BrF2N5O3. The van der Waals surface area contributed by atoms with Gasteiger partial charge < -0.3 is 26.3 Å². The lowest BCUT2D eigenvalue weighted by molar-refractivity contribution is -0.133. The number of amides is 4. The lowest BCUT2D eigenvalue weighted by Gasteiger charge is -2.40. The van der Waals surface area contributed by atoms with Crippen molar-refractivity contribution in [1.29, 1.82) is 0 Å². The summed E-state index contributed by atoms with van der Waals surface area (Å²) in [5, 5.41) is 6.43. The Kier molecular flexibility index (Phi) is 7.91. The lowest BCUT2D eigenvalue weighted by Crippen LogP contribution is -2.64. The first-order valence-corrected chi connectivity index (χ1v) is 12.5. The molecule has 1 aromatic heterocycles. The number of aromatic nitrogens is 1. The van der Waals surface area contributed by atoms with Gasteiger partial charge in [-0.25, -0.2) is 13.6 Å². The zero-order valence-electron chi connectivity index (χ0n) is 19.8. The van der Waals surface area contributed by atoms with E-state index in [0.717, 1.165) is 16.5 Å². The Labute approximate surface area is 220 Å². The Balaban J connectivity index is 1.44. The molecular weight excluding hydrogens is 548 g/mol. The molecule has 0 unspecified atom stereocenters. The van der Waals surface area contributed by atoms with Crippen molar-refractivity contribution in [2.45, 2.75) is 24.8 Å². The number of primary amides is 1. The van der Waals surface area contributed by atoms with E-state index in [9.17, 15) is 23.2 Å². The molecule has 0 saturated carbocycles. The van der Waals surface area contributed by atoms with Crippen LogP contribution in [-0.2, 0) is 16.0 Å². The lowest BCUT2D eigenvalue weighted by atomic mass is 9.86. The topological polar surface area (TPSA) is 120 Å². The summed E-state index contributed by atoms with van der Waals surface area (Å²) in [6.45, 7) is 0.678. The number of aromatic amines is 1. The Morgan fingerprint density at radius 2 is 1.89 bits per heavy atom. The van der Waals surface area contributed by atoms with Crippen molar-refractivity contribution in [3.05, 3.63) is 75.9 Å². The molecule has 0 aliphatic carbocycles. The largest absolute Gasteiger partial charge is 0.361 e. The Morgan fingerprint density at radius 3 is 2.59 bits per heavy atom. The molecule has 1 aliphatic heterocycles. The van der Waals surface area contributed by atoms with Gasteiger partial charge in [0.25, 0.3) is 0 Å². The van der Waals surface area contributed by atoms with Gasteiger partial charge in [-0.15, -0.1) is 0 Å². The minimum absolute atomic E-state index is 0.182. The number of benzene rings is 2. The van der Waals surface area contributed by atoms with Crippen LogP contribution in [0.1, 0.15) is 24.0 Å². The van der Waals surface area contributed by atoms with Gasteiger partial charge in [0.1, 0.15) is 17.2 Å². The first-order valence-electron chi connectivity index (χ1n) is 11.7. The highest BCUT2D eigenvalue weighted by atomic mass is 79.9. The SMILES string of the molecule is NC(=O)N1CCC(NC(=O)C=Cc2ccc(F)c(Br)c2)(C(=O)NCCc2c[nH]c3ccc(F)cc23)CC1. The van der Waals surface area contributed by atoms with E-state index in [-0.39, 0.29) is 48.7 Å². The molecule has 2 aromatic carbocycles. The van der Waals surface area contributed by atoms with Crippen LogP contribution in [0.5, 0.6) is 0 Å². The maximum Gasteiger partial charge on any atom is 0.314 e. The molecule has 37 heavy (non-hydrogen) atoms. The zero-order chi connectivity index (χ0) is 26.6. The van der Waals surface area contributed by atoms with Gasteiger partial charge in [0.05, 0.1) is 4.47 Å². The van der Waals surface area contributed by atoms with Crippen molar-refractivity contribution in [2.24, 2.45) is 5.73 Å². The number of likely N-dealkylation sites (tertiary alicyclic amines) is 1. The number of hydrogen-bond acceptors (Lipinski definition) is 3. The fraction of sp³-hybridized carbons (Fsp3) is 0.269. The van der Waals surface area contributed by atoms with Gasteiger partial charge in [-0.1, -0.05) is 6.07 Å². The van der Waals surface area contributed by atoms with E-state index in [4.69, 9.17) is 5.73 Å². The average Bonchev–Trinajstić information content (AvgIpc) is 3.27. The number of H-pyrrole nitrogens is 1. The summed E-state index contributed by atoms with van der Waals surface area (Å²) in [4.78, 5) is 42.2. The fourth-order valence-electron chi connectivity index (χ4n) is 4.42. The molecule has 194 valence electrons. The van der Waals surface area contributed by atoms with Gasteiger partial charge in [0.15, 0.2) is 0 Å². The maximum absolute atomic E-state index is 13.7. The maximum atomic E-state index is 13.7. The van der Waals surface area contributed by atoms with Crippen molar-refractivity contribution in [2.75, 3.05) is 19.6 Å². The van der Waals surface area contributed by atoms with E-state index in [1.54, 1.807) is 12.3 Å². The van der Waals surface area contributed by atoms with E-state index in [1.807, 2.05) is 0 Å². The van der Waals surface area contributed by atoms with Crippen LogP contribution >= 0.6 is 15.9 Å². The molecule has 5 N–H and O–H groups in total. The monoisotopic (exact) mass is 573 g/mol. The molecule has 4 rings (SSSR count). The van der Waals surface area contributed by atoms with Crippen LogP contribution in [0.25, 0.3) is 17.0 Å². The third-order valence-electron chi connectivity index (χ3n) is 6.51. The van der Waals surface area contributed by atoms with Gasteiger partial charge in [-0.2, -0.15) is 0 Å². The molecule has 4 amide bonds. The quantitative estimate of drug-likeness (QED) is 0.323. The van der Waals surface area contributed by atoms with E-state index >= 15 is 0 Å². The van der Waals surface area contributed by atoms with E-state index in [2.05, 4.69) is 31.5 Å². The van der Waals surface area contributed by atoms with Gasteiger partial charge >= 0.3 is 6.03 Å². The van der Waals surface area contributed by atoms with Crippen LogP contribution in [0.4, 0.5) is 13.6 Å². The van der Waals surface area contributed by atoms with Crippen LogP contribution < -0.4 is 16.4 Å². The number of urea groups is 1. The van der Waals surface area contributed by atoms with Crippen LogP contribution in [0, 0.1) is 11.6 Å². The summed E-state index contributed by atoms with van der Waals surface area (Å²) in [5.41, 5.74) is 6.39. The van der Waals surface area contributed by atoms with Crippen LogP contribution in [0.2, 0.25) is 0 Å². The highest BCUT2D eigenvalue weighted by molar-refractivity contribution is 9.10. The Morgan fingerprint density at radius 1 is 1.14 bits per heavy atom. The number of rotatable bonds is 7. The summed E-state index contributed by atoms with van der Waals surface area (Å²) < 4.78 is 27.4. The minimum Gasteiger partial charge on any atom is -0.361 e. The number of halogens is 3. The summed E-state index contributed by atoms with van der Waals surface area (Å²) >= 11 is 3.11. The molecule has 2 heterocycles. The number of nitrogens with two attached hydrogens (primary N) is 1. The van der Waals surface area contributed by atoms with Crippen molar-refractivity contribution in [1.82, 2.24) is 20.5 Å². The van der Waals surface area contributed by atoms with Crippen molar-refractivity contribution < 1.29 is 23.2 Å². The van der Waals surface area contributed by atoms with Crippen molar-refractivity contribution >= 4 is 50.8 Å². The van der Waals surface area contributed by atoms with Gasteiger partial charge in [0.2, 0.25) is 11.8 Å². The third kappa shape index (κ3) is 6.16. The second-order valence-electron chi connectivity index (χ2n) is 8.91. The van der Waals surface area contributed by atoms with Gasteiger partial charge in [-0.3, -0.25) is 9.59 Å². The molecule has 1 fully saturated rings. The predicted octanol–water partition coefficient (Wildman–Crippen LogP) is 3.61. The number of hydrogen-bond donors (Lipinski definition) is 4. The number of carbonyl (C=O) groups excluding carboxylic acids is 3. The number of carbonyl (C=O) groups is 3. The van der Waals surface area contributed by atoms with E-state index in [1.165, 1.54) is 47.4 Å². The summed E-state index contributed by atoms with van der Waals surface area (Å²) in [5.74, 6) is -1.65. The van der Waals surface area contributed by atoms with Crippen molar-refractivity contribution in [3.8, 4) is 0 Å². The van der Waals surface area contributed by atoms with E-state index in [0.29, 0.717) is 12.0 Å². The average molecular weight is 574 g/mol. The molecule has 0 spiro atoms. The van der Waals surface area contributed by atoms with Crippen LogP contribution in [0.15, 0.2) is 53.1 Å². The predicted molar refractivity (Wildman–Crippen MR) is 139 cm³/mol. The molecule has 1 saturated heterocycles. The standard InChI is InChI=1S/C26H26BrF2N5O3/c27-20-13-16(1-4-21(20)29)2-6-23(35)33-26(8-11-34(12-9-26)25(30)37)24(36)31-10-7-17-15-32-22-5-3-18(28)14-19(17)22/h1-6,13-15,32H,7-12H2,(H2,30,37)(H,31,36)(H,33,35). The second kappa shape index (κ2) is 11.1. The summed E-state index contributed by atoms with van der Waals surface area (Å²) in [7, 11) is 0. The van der Waals surface area contributed by atoms with E-state index < -0.39 is 23.3 Å². The Bertz CT molecular complexity index is 1370. The minimum atomic E-state index is -1.25. The highest BCUT2D eigenvalue weighted by Gasteiger charge is 2.42. The highest BCUT2D eigenvalue weighted by Crippen LogP contribution is 2.24. The first kappa shape index (κ1) is 26.3. The first-order chi connectivity index (χ1) is 17.7. The second-order valence-corrected chi connectivity index (χ2v) is 9.77. The van der Waals surface area contributed by atoms with Crippen LogP contribution in [0.3, 0.4) is 0 Å². The van der Waals surface area contributed by atoms with Gasteiger partial charge in [0, 0.05) is 42.8 Å². The third-order valence-corrected chi connectivity index (χ3v) is 7.11. The summed E-state index contributed by atoms with van der Waals surface area (Å²) in [6.07, 6.45) is 5.38.